The predicted molar refractivity (Wildman–Crippen MR) is 51.6 cm³/mol. The van der Waals surface area contributed by atoms with Crippen molar-refractivity contribution in [2.24, 2.45) is 0 Å². The van der Waals surface area contributed by atoms with Crippen molar-refractivity contribution in [3.8, 4) is 0 Å². The van der Waals surface area contributed by atoms with E-state index in [-0.39, 0.29) is 6.54 Å². The highest BCUT2D eigenvalue weighted by Gasteiger charge is 2.47. The third-order valence-corrected chi connectivity index (χ3v) is 3.92. The number of ether oxygens (including phenoxy) is 1. The van der Waals surface area contributed by atoms with Gasteiger partial charge in [0.05, 0.1) is 18.8 Å². The third-order valence-electron chi connectivity index (χ3n) is 2.79. The van der Waals surface area contributed by atoms with Crippen LogP contribution in [-0.4, -0.2) is 67.3 Å². The summed E-state index contributed by atoms with van der Waals surface area (Å²) in [7, 11) is -3.65. The van der Waals surface area contributed by atoms with Crippen molar-refractivity contribution in [3.05, 3.63) is 0 Å². The van der Waals surface area contributed by atoms with Gasteiger partial charge in [-0.3, -0.25) is 0 Å². The van der Waals surface area contributed by atoms with E-state index in [2.05, 4.69) is 9.44 Å². The first-order valence-corrected chi connectivity index (χ1v) is 6.32. The summed E-state index contributed by atoms with van der Waals surface area (Å²) in [6.45, 7) is -0.436. The van der Waals surface area contributed by atoms with Crippen molar-refractivity contribution in [2.75, 3.05) is 13.2 Å². The summed E-state index contributed by atoms with van der Waals surface area (Å²) >= 11 is 0. The molecule has 5 atom stereocenters. The molecule has 5 N–H and O–H groups in total. The average molecular weight is 254 g/mol. The van der Waals surface area contributed by atoms with Crippen LogP contribution < -0.4 is 9.44 Å². The normalized spacial score (nSPS) is 47.3. The van der Waals surface area contributed by atoms with Crippen molar-refractivity contribution >= 4 is 10.2 Å². The van der Waals surface area contributed by atoms with Crippen molar-refractivity contribution in [1.29, 1.82) is 0 Å². The predicted octanol–water partition coefficient (Wildman–Crippen LogP) is -3.73. The monoisotopic (exact) mass is 254 g/mol. The first-order chi connectivity index (χ1) is 7.44. The second-order valence-electron chi connectivity index (χ2n) is 3.87. The van der Waals surface area contributed by atoms with Gasteiger partial charge in [-0.1, -0.05) is 0 Å². The first kappa shape index (κ1) is 12.2. The van der Waals surface area contributed by atoms with Gasteiger partial charge in [0.25, 0.3) is 10.2 Å². The highest BCUT2D eigenvalue weighted by atomic mass is 32.2. The molecule has 0 amide bonds. The number of aliphatic hydroxyl groups excluding tert-OH is 3. The number of hydrogen-bond acceptors (Lipinski definition) is 6. The van der Waals surface area contributed by atoms with Crippen LogP contribution in [0.15, 0.2) is 0 Å². The molecular formula is C7H14N2O6S. The highest BCUT2D eigenvalue weighted by molar-refractivity contribution is 7.87. The van der Waals surface area contributed by atoms with Crippen LogP contribution in [0, 0.1) is 0 Å². The van der Waals surface area contributed by atoms with Gasteiger partial charge in [-0.2, -0.15) is 17.9 Å². The van der Waals surface area contributed by atoms with Crippen LogP contribution in [-0.2, 0) is 14.9 Å². The second-order valence-corrected chi connectivity index (χ2v) is 5.40. The summed E-state index contributed by atoms with van der Waals surface area (Å²) in [6, 6.07) is -0.899. The Hall–Kier alpha value is -0.290. The van der Waals surface area contributed by atoms with Gasteiger partial charge >= 0.3 is 0 Å². The van der Waals surface area contributed by atoms with E-state index >= 15 is 0 Å². The second kappa shape index (κ2) is 4.18. The van der Waals surface area contributed by atoms with Crippen LogP contribution in [0.3, 0.4) is 0 Å². The van der Waals surface area contributed by atoms with Crippen molar-refractivity contribution in [3.63, 3.8) is 0 Å². The fourth-order valence-electron chi connectivity index (χ4n) is 1.93. The maximum atomic E-state index is 11.2. The third kappa shape index (κ3) is 2.07. The summed E-state index contributed by atoms with van der Waals surface area (Å²) in [5.74, 6) is 0. The quantitative estimate of drug-likeness (QED) is 0.327. The minimum atomic E-state index is -3.65. The van der Waals surface area contributed by atoms with Gasteiger partial charge in [0.2, 0.25) is 0 Å². The van der Waals surface area contributed by atoms with Crippen molar-refractivity contribution < 1.29 is 28.5 Å². The van der Waals surface area contributed by atoms with E-state index in [0.29, 0.717) is 0 Å². The summed E-state index contributed by atoms with van der Waals surface area (Å²) in [4.78, 5) is 0. The lowest BCUT2D eigenvalue weighted by molar-refractivity contribution is -0.190. The van der Waals surface area contributed by atoms with E-state index in [0.717, 1.165) is 0 Å². The number of aliphatic hydroxyl groups is 3. The largest absolute Gasteiger partial charge is 0.394 e. The molecule has 0 aromatic rings. The molecule has 2 rings (SSSR count). The molecule has 94 valence electrons. The number of rotatable bonds is 1. The van der Waals surface area contributed by atoms with Gasteiger partial charge in [-0.05, 0) is 0 Å². The van der Waals surface area contributed by atoms with Crippen LogP contribution in [0.4, 0.5) is 0 Å². The Morgan fingerprint density at radius 3 is 2.62 bits per heavy atom. The summed E-state index contributed by atoms with van der Waals surface area (Å²) in [5, 5.41) is 28.2. The van der Waals surface area contributed by atoms with E-state index in [1.165, 1.54) is 0 Å². The molecule has 8 nitrogen and oxygen atoms in total. The zero-order chi connectivity index (χ0) is 11.9. The molecule has 16 heavy (non-hydrogen) atoms. The Balaban J connectivity index is 2.17. The maximum absolute atomic E-state index is 11.2. The van der Waals surface area contributed by atoms with Gasteiger partial charge < -0.3 is 20.1 Å². The number of nitrogens with one attached hydrogen (secondary N) is 2. The first-order valence-electron chi connectivity index (χ1n) is 4.84. The van der Waals surface area contributed by atoms with E-state index in [4.69, 9.17) is 9.84 Å². The van der Waals surface area contributed by atoms with Gasteiger partial charge in [0.1, 0.15) is 18.3 Å². The Morgan fingerprint density at radius 2 is 2.00 bits per heavy atom. The Labute approximate surface area is 92.4 Å². The molecule has 0 aromatic carbocycles. The molecule has 9 heteroatoms. The fourth-order valence-corrected chi connectivity index (χ4v) is 3.04. The molecular weight excluding hydrogens is 240 g/mol. The summed E-state index contributed by atoms with van der Waals surface area (Å²) < 4.78 is 32.0. The molecule has 2 aliphatic rings. The molecule has 0 spiro atoms. The zero-order valence-electron chi connectivity index (χ0n) is 8.28. The van der Waals surface area contributed by atoms with Gasteiger partial charge in [-0.25, -0.2) is 0 Å². The minimum Gasteiger partial charge on any atom is -0.394 e. The number of hydrogen-bond donors (Lipinski definition) is 5. The van der Waals surface area contributed by atoms with Crippen molar-refractivity contribution in [1.82, 2.24) is 9.44 Å². The standard InChI is InChI=1S/C7H14N2O6S/c10-2-4-6(11)7(12)5-3(15-4)1-8-16(13,14)9-5/h3-12H,1-2H2/t3-,4-,5+,6+,7-/m1/s1. The molecule has 2 saturated heterocycles. The lowest BCUT2D eigenvalue weighted by atomic mass is 9.93. The smallest absolute Gasteiger partial charge is 0.277 e. The summed E-state index contributed by atoms with van der Waals surface area (Å²) in [5.41, 5.74) is 0. The van der Waals surface area contributed by atoms with Crippen LogP contribution >= 0.6 is 0 Å². The molecule has 0 aromatic heterocycles. The molecule has 2 fully saturated rings. The lowest BCUT2D eigenvalue weighted by Crippen LogP contribution is -2.70. The Bertz CT molecular complexity index is 358. The maximum Gasteiger partial charge on any atom is 0.277 e. The molecule has 0 bridgehead atoms. The minimum absolute atomic E-state index is 0.000278. The lowest BCUT2D eigenvalue weighted by Gasteiger charge is -2.44. The number of fused-ring (bicyclic) bond motifs is 1. The van der Waals surface area contributed by atoms with Crippen LogP contribution in [0.1, 0.15) is 0 Å². The van der Waals surface area contributed by atoms with E-state index in [1.54, 1.807) is 0 Å². The van der Waals surface area contributed by atoms with E-state index < -0.39 is 47.3 Å². The Kier molecular flexibility index (Phi) is 3.18. The highest BCUT2D eigenvalue weighted by Crippen LogP contribution is 2.23. The molecule has 0 unspecified atom stereocenters. The van der Waals surface area contributed by atoms with Crippen LogP contribution in [0.25, 0.3) is 0 Å². The molecule has 0 saturated carbocycles. The zero-order valence-corrected chi connectivity index (χ0v) is 9.09. The van der Waals surface area contributed by atoms with Gasteiger partial charge in [-0.15, -0.1) is 0 Å². The topological polar surface area (TPSA) is 128 Å². The van der Waals surface area contributed by atoms with Crippen LogP contribution in [0.2, 0.25) is 0 Å². The van der Waals surface area contributed by atoms with E-state index in [1.807, 2.05) is 0 Å². The van der Waals surface area contributed by atoms with Crippen molar-refractivity contribution in [2.45, 2.75) is 30.5 Å². The SMILES string of the molecule is O=S1(=O)NC[C@H]2O[C@H](CO)[C@H](O)[C@H](O)[C@H]2N1. The fraction of sp³-hybridized carbons (Fsp3) is 1.00. The molecule has 0 radical (unpaired) electrons. The van der Waals surface area contributed by atoms with Crippen LogP contribution in [0.5, 0.6) is 0 Å². The van der Waals surface area contributed by atoms with Gasteiger partial charge in [0.15, 0.2) is 0 Å². The average Bonchev–Trinajstić information content (AvgIpc) is 2.23. The molecule has 2 heterocycles. The van der Waals surface area contributed by atoms with E-state index in [9.17, 15) is 18.6 Å². The molecule has 0 aliphatic carbocycles. The van der Waals surface area contributed by atoms with Gasteiger partial charge in [0, 0.05) is 6.54 Å². The molecule has 2 aliphatic heterocycles. The Morgan fingerprint density at radius 1 is 1.31 bits per heavy atom. The summed E-state index contributed by atoms with van der Waals surface area (Å²) in [6.07, 6.45) is -4.13.